The van der Waals surface area contributed by atoms with E-state index in [2.05, 4.69) is 45.0 Å². The van der Waals surface area contributed by atoms with E-state index in [0.29, 0.717) is 0 Å². The molecule has 1 fully saturated rings. The van der Waals surface area contributed by atoms with Crippen molar-refractivity contribution in [1.82, 2.24) is 0 Å². The highest BCUT2D eigenvalue weighted by Gasteiger charge is 2.15. The van der Waals surface area contributed by atoms with E-state index < -0.39 is 0 Å². The van der Waals surface area contributed by atoms with Gasteiger partial charge in [0, 0.05) is 0 Å². The van der Waals surface area contributed by atoms with Crippen molar-refractivity contribution in [1.29, 1.82) is 0 Å². The van der Waals surface area contributed by atoms with Gasteiger partial charge >= 0.3 is 0 Å². The van der Waals surface area contributed by atoms with E-state index in [1.165, 1.54) is 56.9 Å². The Kier molecular flexibility index (Phi) is 5.07. The lowest BCUT2D eigenvalue weighted by Crippen LogP contribution is -2.11. The van der Waals surface area contributed by atoms with Gasteiger partial charge in [-0.25, -0.2) is 0 Å². The highest BCUT2D eigenvalue weighted by molar-refractivity contribution is 5.27. The van der Waals surface area contributed by atoms with Crippen molar-refractivity contribution in [2.45, 2.75) is 77.6 Å². The summed E-state index contributed by atoms with van der Waals surface area (Å²) in [6.07, 6.45) is 11.5. The van der Waals surface area contributed by atoms with Crippen LogP contribution in [0.3, 0.4) is 0 Å². The molecule has 0 spiro atoms. The molecule has 1 aromatic rings. The summed E-state index contributed by atoms with van der Waals surface area (Å²) in [7, 11) is 0. The molecule has 19 heavy (non-hydrogen) atoms. The van der Waals surface area contributed by atoms with Crippen molar-refractivity contribution < 1.29 is 0 Å². The van der Waals surface area contributed by atoms with E-state index in [1.54, 1.807) is 5.56 Å². The molecule has 2 rings (SSSR count). The van der Waals surface area contributed by atoms with Crippen LogP contribution in [-0.4, -0.2) is 0 Å². The topological polar surface area (TPSA) is 0 Å². The minimum Gasteiger partial charge on any atom is -0.0587 e. The fourth-order valence-electron chi connectivity index (χ4n) is 3.22. The second-order valence-electron chi connectivity index (χ2n) is 7.36. The van der Waals surface area contributed by atoms with Gasteiger partial charge in [-0.1, -0.05) is 90.0 Å². The number of rotatable bonds is 2. The fraction of sp³-hybridized carbons (Fsp3) is 0.684. The minimum atomic E-state index is 0.277. The Morgan fingerprint density at radius 3 is 1.89 bits per heavy atom. The van der Waals surface area contributed by atoms with Crippen molar-refractivity contribution in [2.24, 2.45) is 5.92 Å². The van der Waals surface area contributed by atoms with Gasteiger partial charge in [-0.05, 0) is 28.9 Å². The molecule has 0 heteroatoms. The first-order valence-corrected chi connectivity index (χ1v) is 8.15. The Bertz CT molecular complexity index is 358. The smallest absolute Gasteiger partial charge is 0.0132 e. The molecule has 0 radical (unpaired) electrons. The Labute approximate surface area is 119 Å². The monoisotopic (exact) mass is 258 g/mol. The summed E-state index contributed by atoms with van der Waals surface area (Å²) in [5.74, 6) is 0.931. The van der Waals surface area contributed by atoms with Crippen LogP contribution in [0.2, 0.25) is 0 Å². The van der Waals surface area contributed by atoms with Crippen LogP contribution in [0.15, 0.2) is 24.3 Å². The van der Waals surface area contributed by atoms with Gasteiger partial charge in [-0.15, -0.1) is 0 Å². The van der Waals surface area contributed by atoms with Gasteiger partial charge in [-0.2, -0.15) is 0 Å². The van der Waals surface area contributed by atoms with Gasteiger partial charge in [0.15, 0.2) is 0 Å². The van der Waals surface area contributed by atoms with Gasteiger partial charge in [0.1, 0.15) is 0 Å². The molecule has 0 saturated heterocycles. The zero-order chi connectivity index (χ0) is 13.7. The van der Waals surface area contributed by atoms with Crippen molar-refractivity contribution in [3.05, 3.63) is 35.4 Å². The molecule has 0 N–H and O–H groups in total. The van der Waals surface area contributed by atoms with Gasteiger partial charge in [0.2, 0.25) is 0 Å². The van der Waals surface area contributed by atoms with Crippen LogP contribution in [0.5, 0.6) is 0 Å². The van der Waals surface area contributed by atoms with Crippen molar-refractivity contribution in [3.63, 3.8) is 0 Å². The van der Waals surface area contributed by atoms with E-state index in [1.807, 2.05) is 0 Å². The molecular formula is C19H30. The number of benzene rings is 1. The molecule has 0 heterocycles. The molecule has 0 aliphatic heterocycles. The van der Waals surface area contributed by atoms with Gasteiger partial charge in [-0.3, -0.25) is 0 Å². The SMILES string of the molecule is CC(C)(C)c1ccc(CC2CCCCCCC2)cc1. The lowest BCUT2D eigenvalue weighted by Gasteiger charge is -2.21. The Morgan fingerprint density at radius 2 is 1.37 bits per heavy atom. The quantitative estimate of drug-likeness (QED) is 0.620. The first-order chi connectivity index (χ1) is 9.05. The highest BCUT2D eigenvalue weighted by atomic mass is 14.2. The maximum Gasteiger partial charge on any atom is -0.0132 e. The standard InChI is InChI=1S/C19H30/c1-19(2,3)18-13-11-17(12-14-18)15-16-9-7-5-4-6-8-10-16/h11-14,16H,4-10,15H2,1-3H3. The van der Waals surface area contributed by atoms with E-state index in [-0.39, 0.29) is 5.41 Å². The van der Waals surface area contributed by atoms with E-state index in [9.17, 15) is 0 Å². The van der Waals surface area contributed by atoms with Crippen LogP contribution in [-0.2, 0) is 11.8 Å². The zero-order valence-corrected chi connectivity index (χ0v) is 13.0. The summed E-state index contributed by atoms with van der Waals surface area (Å²) in [5, 5.41) is 0. The average Bonchev–Trinajstić information content (AvgIpc) is 2.32. The van der Waals surface area contributed by atoms with E-state index >= 15 is 0 Å². The molecule has 0 unspecified atom stereocenters. The largest absolute Gasteiger partial charge is 0.0587 e. The lowest BCUT2D eigenvalue weighted by molar-refractivity contribution is 0.376. The van der Waals surface area contributed by atoms with E-state index in [0.717, 1.165) is 5.92 Å². The zero-order valence-electron chi connectivity index (χ0n) is 13.0. The molecule has 0 amide bonds. The highest BCUT2D eigenvalue weighted by Crippen LogP contribution is 2.27. The third-order valence-corrected chi connectivity index (χ3v) is 4.57. The molecule has 0 aromatic heterocycles. The molecule has 1 aromatic carbocycles. The Morgan fingerprint density at radius 1 is 0.842 bits per heavy atom. The molecule has 0 nitrogen and oxygen atoms in total. The third-order valence-electron chi connectivity index (χ3n) is 4.57. The summed E-state index contributed by atoms with van der Waals surface area (Å²) < 4.78 is 0. The summed E-state index contributed by atoms with van der Waals surface area (Å²) in [4.78, 5) is 0. The van der Waals surface area contributed by atoms with Crippen molar-refractivity contribution >= 4 is 0 Å². The summed E-state index contributed by atoms with van der Waals surface area (Å²) >= 11 is 0. The summed E-state index contributed by atoms with van der Waals surface area (Å²) in [5.41, 5.74) is 3.27. The third kappa shape index (κ3) is 4.67. The normalized spacial score (nSPS) is 18.9. The first kappa shape index (κ1) is 14.6. The van der Waals surface area contributed by atoms with Crippen molar-refractivity contribution in [2.75, 3.05) is 0 Å². The maximum atomic E-state index is 2.36. The maximum absolute atomic E-state index is 2.36. The van der Waals surface area contributed by atoms with Gasteiger partial charge in [0.25, 0.3) is 0 Å². The van der Waals surface area contributed by atoms with E-state index in [4.69, 9.17) is 0 Å². The minimum absolute atomic E-state index is 0.277. The van der Waals surface area contributed by atoms with Crippen LogP contribution in [0.4, 0.5) is 0 Å². The van der Waals surface area contributed by atoms with Crippen LogP contribution < -0.4 is 0 Å². The second kappa shape index (κ2) is 6.59. The average molecular weight is 258 g/mol. The molecule has 1 saturated carbocycles. The van der Waals surface area contributed by atoms with Crippen LogP contribution in [0.25, 0.3) is 0 Å². The van der Waals surface area contributed by atoms with Crippen LogP contribution in [0.1, 0.15) is 76.8 Å². The van der Waals surface area contributed by atoms with Crippen LogP contribution in [0, 0.1) is 5.92 Å². The summed E-state index contributed by atoms with van der Waals surface area (Å²) in [6, 6.07) is 9.38. The van der Waals surface area contributed by atoms with Crippen LogP contribution >= 0.6 is 0 Å². The Hall–Kier alpha value is -0.780. The summed E-state index contributed by atoms with van der Waals surface area (Å²) in [6.45, 7) is 6.87. The molecule has 106 valence electrons. The number of hydrogen-bond acceptors (Lipinski definition) is 0. The molecular weight excluding hydrogens is 228 g/mol. The predicted molar refractivity (Wildman–Crippen MR) is 84.7 cm³/mol. The fourth-order valence-corrected chi connectivity index (χ4v) is 3.22. The van der Waals surface area contributed by atoms with Crippen molar-refractivity contribution in [3.8, 4) is 0 Å². The van der Waals surface area contributed by atoms with Gasteiger partial charge in [0.05, 0.1) is 0 Å². The van der Waals surface area contributed by atoms with Gasteiger partial charge < -0.3 is 0 Å². The first-order valence-electron chi connectivity index (χ1n) is 8.15. The molecule has 0 atom stereocenters. The molecule has 1 aliphatic carbocycles. The Balaban J connectivity index is 1.94. The number of hydrogen-bond donors (Lipinski definition) is 0. The second-order valence-corrected chi connectivity index (χ2v) is 7.36. The lowest BCUT2D eigenvalue weighted by atomic mass is 9.84. The molecule has 0 bridgehead atoms. The predicted octanol–water partition coefficient (Wildman–Crippen LogP) is 5.89. The molecule has 1 aliphatic rings.